The molecule has 2 aromatic rings. The maximum atomic E-state index is 11.9. The molecule has 0 bridgehead atoms. The number of amides is 1. The van der Waals surface area contributed by atoms with Crippen LogP contribution in [-0.4, -0.2) is 24.5 Å². The summed E-state index contributed by atoms with van der Waals surface area (Å²) in [4.78, 5) is 14.8. The van der Waals surface area contributed by atoms with Gasteiger partial charge in [-0.2, -0.15) is 8.42 Å². The summed E-state index contributed by atoms with van der Waals surface area (Å²) in [5.41, 5.74) is 1.61. The minimum Gasteiger partial charge on any atom is -0.288 e. The van der Waals surface area contributed by atoms with Crippen LogP contribution in [0.4, 0.5) is 10.8 Å². The molecule has 0 spiro atoms. The third kappa shape index (κ3) is 4.29. The summed E-state index contributed by atoms with van der Waals surface area (Å²) < 4.78 is 28.1. The van der Waals surface area contributed by atoms with Crippen molar-refractivity contribution in [2.24, 2.45) is 0 Å². The van der Waals surface area contributed by atoms with E-state index in [-0.39, 0.29) is 10.8 Å². The van der Waals surface area contributed by atoms with Crippen LogP contribution in [0.3, 0.4) is 0 Å². The predicted octanol–water partition coefficient (Wildman–Crippen LogP) is 1.68. The lowest BCUT2D eigenvalue weighted by Gasteiger charge is -2.08. The third-order valence-electron chi connectivity index (χ3n) is 2.16. The number of carbonyl (C=O) groups excluding carboxylic acids is 1. The molecule has 0 aliphatic carbocycles. The van der Waals surface area contributed by atoms with Crippen molar-refractivity contribution in [3.63, 3.8) is 0 Å². The average Bonchev–Trinajstić information content (AvgIpc) is 2.88. The first-order chi connectivity index (χ1) is 9.89. The van der Waals surface area contributed by atoms with Crippen molar-refractivity contribution in [1.82, 2.24) is 10.5 Å². The molecule has 1 amide bonds. The Kier molecular flexibility index (Phi) is 4.63. The number of aromatic nitrogens is 1. The smallest absolute Gasteiger partial charge is 0.288 e. The van der Waals surface area contributed by atoms with Crippen LogP contribution in [0.1, 0.15) is 10.5 Å². The van der Waals surface area contributed by atoms with Gasteiger partial charge in [-0.1, -0.05) is 11.6 Å². The van der Waals surface area contributed by atoms with Gasteiger partial charge in [0.15, 0.2) is 5.13 Å². The van der Waals surface area contributed by atoms with E-state index < -0.39 is 16.1 Å². The van der Waals surface area contributed by atoms with Gasteiger partial charge in [0.05, 0.1) is 5.69 Å². The molecule has 0 saturated heterocycles. The Balaban J connectivity index is 2.08. The van der Waals surface area contributed by atoms with Gasteiger partial charge in [-0.15, -0.1) is 11.3 Å². The quantitative estimate of drug-likeness (QED) is 0.484. The molecule has 0 atom stereocenters. The molecule has 0 unspecified atom stereocenters. The SMILES string of the molecule is O=C(NO)c1csc(NS(=O)(=O)Nc2ccc(Cl)cc2)n1. The van der Waals surface area contributed by atoms with E-state index in [1.165, 1.54) is 35.1 Å². The van der Waals surface area contributed by atoms with E-state index in [2.05, 4.69) is 14.4 Å². The highest BCUT2D eigenvalue weighted by molar-refractivity contribution is 7.94. The molecule has 0 fully saturated rings. The van der Waals surface area contributed by atoms with Gasteiger partial charge >= 0.3 is 10.2 Å². The molecule has 11 heteroatoms. The maximum Gasteiger partial charge on any atom is 0.323 e. The number of nitrogens with one attached hydrogen (secondary N) is 3. The van der Waals surface area contributed by atoms with Crippen molar-refractivity contribution in [2.75, 3.05) is 9.44 Å². The molecular formula is C10H9ClN4O4S2. The number of benzene rings is 1. The summed E-state index contributed by atoms with van der Waals surface area (Å²) in [5.74, 6) is -0.831. The number of thiazole rings is 1. The molecule has 112 valence electrons. The molecule has 0 saturated carbocycles. The molecule has 8 nitrogen and oxygen atoms in total. The van der Waals surface area contributed by atoms with Gasteiger partial charge in [0.1, 0.15) is 5.69 Å². The van der Waals surface area contributed by atoms with Crippen LogP contribution in [0.25, 0.3) is 0 Å². The van der Waals surface area contributed by atoms with Crippen LogP contribution in [-0.2, 0) is 10.2 Å². The molecule has 4 N–H and O–H groups in total. The zero-order valence-electron chi connectivity index (χ0n) is 10.2. The van der Waals surface area contributed by atoms with Crippen LogP contribution in [0, 0.1) is 0 Å². The van der Waals surface area contributed by atoms with E-state index in [1.807, 2.05) is 0 Å². The van der Waals surface area contributed by atoms with Crippen LogP contribution in [0.5, 0.6) is 0 Å². The van der Waals surface area contributed by atoms with Crippen molar-refractivity contribution in [3.8, 4) is 0 Å². The highest BCUT2D eigenvalue weighted by atomic mass is 35.5. The molecule has 21 heavy (non-hydrogen) atoms. The predicted molar refractivity (Wildman–Crippen MR) is 79.0 cm³/mol. The Labute approximate surface area is 128 Å². The first-order valence-electron chi connectivity index (χ1n) is 5.36. The standard InChI is InChI=1S/C10H9ClN4O4S2/c11-6-1-3-7(4-2-6)14-21(18,19)15-10-12-8(5-20-10)9(16)13-17/h1-5,14,17H,(H,12,15)(H,13,16). The molecule has 0 aliphatic rings. The second kappa shape index (κ2) is 6.26. The van der Waals surface area contributed by atoms with Gasteiger partial charge in [-0.05, 0) is 24.3 Å². The highest BCUT2D eigenvalue weighted by Gasteiger charge is 2.15. The van der Waals surface area contributed by atoms with Crippen molar-refractivity contribution in [3.05, 3.63) is 40.4 Å². The van der Waals surface area contributed by atoms with Crippen molar-refractivity contribution in [2.45, 2.75) is 0 Å². The number of halogens is 1. The van der Waals surface area contributed by atoms with Gasteiger partial charge in [0.25, 0.3) is 5.91 Å². The Hall–Kier alpha value is -1.88. The normalized spacial score (nSPS) is 11.0. The molecule has 1 heterocycles. The van der Waals surface area contributed by atoms with Crippen LogP contribution in [0.2, 0.25) is 5.02 Å². The van der Waals surface area contributed by atoms with Crippen LogP contribution in [0.15, 0.2) is 29.6 Å². The topological polar surface area (TPSA) is 120 Å². The highest BCUT2D eigenvalue weighted by Crippen LogP contribution is 2.19. The number of carbonyl (C=O) groups is 1. The lowest BCUT2D eigenvalue weighted by atomic mass is 10.3. The monoisotopic (exact) mass is 348 g/mol. The largest absolute Gasteiger partial charge is 0.323 e. The van der Waals surface area contributed by atoms with E-state index in [9.17, 15) is 13.2 Å². The summed E-state index contributed by atoms with van der Waals surface area (Å²) in [6, 6.07) is 6.06. The fourth-order valence-electron chi connectivity index (χ4n) is 1.30. The summed E-state index contributed by atoms with van der Waals surface area (Å²) in [6.07, 6.45) is 0. The zero-order valence-corrected chi connectivity index (χ0v) is 12.6. The first kappa shape index (κ1) is 15.5. The number of nitrogens with zero attached hydrogens (tertiary/aromatic N) is 1. The zero-order chi connectivity index (χ0) is 15.5. The summed E-state index contributed by atoms with van der Waals surface area (Å²) in [7, 11) is -3.91. The Morgan fingerprint density at radius 1 is 1.24 bits per heavy atom. The lowest BCUT2D eigenvalue weighted by molar-refractivity contribution is 0.0701. The fourth-order valence-corrected chi connectivity index (χ4v) is 3.25. The van der Waals surface area contributed by atoms with Crippen LogP contribution < -0.4 is 14.9 Å². The minimum atomic E-state index is -3.91. The Morgan fingerprint density at radius 3 is 2.52 bits per heavy atom. The van der Waals surface area contributed by atoms with Crippen molar-refractivity contribution >= 4 is 49.9 Å². The lowest BCUT2D eigenvalue weighted by Crippen LogP contribution is -2.22. The van der Waals surface area contributed by atoms with Gasteiger partial charge < -0.3 is 0 Å². The van der Waals surface area contributed by atoms with Gasteiger partial charge in [-0.25, -0.2) is 15.2 Å². The summed E-state index contributed by atoms with van der Waals surface area (Å²) >= 11 is 6.60. The average molecular weight is 349 g/mol. The number of anilines is 2. The van der Waals surface area contributed by atoms with Gasteiger partial charge in [0.2, 0.25) is 0 Å². The Bertz CT molecular complexity index is 745. The Morgan fingerprint density at radius 2 is 1.90 bits per heavy atom. The second-order valence-corrected chi connectivity index (χ2v) is 6.40. The third-order valence-corrected chi connectivity index (χ3v) is 4.26. The fraction of sp³-hybridized carbons (Fsp3) is 0. The first-order valence-corrected chi connectivity index (χ1v) is 8.10. The van der Waals surface area contributed by atoms with E-state index >= 15 is 0 Å². The van der Waals surface area contributed by atoms with Crippen molar-refractivity contribution in [1.29, 1.82) is 0 Å². The maximum absolute atomic E-state index is 11.9. The van der Waals surface area contributed by atoms with E-state index in [0.717, 1.165) is 11.3 Å². The van der Waals surface area contributed by atoms with E-state index in [4.69, 9.17) is 16.8 Å². The molecule has 0 radical (unpaired) electrons. The minimum absolute atomic E-state index is 0.0185. The number of hydroxylamine groups is 1. The molecule has 1 aromatic heterocycles. The molecule has 0 aliphatic heterocycles. The van der Waals surface area contributed by atoms with Gasteiger partial charge in [-0.3, -0.25) is 14.7 Å². The van der Waals surface area contributed by atoms with E-state index in [1.54, 1.807) is 0 Å². The molecule has 1 aromatic carbocycles. The molecule has 2 rings (SSSR count). The van der Waals surface area contributed by atoms with E-state index in [0.29, 0.717) is 10.7 Å². The molecular weight excluding hydrogens is 340 g/mol. The summed E-state index contributed by atoms with van der Waals surface area (Å²) in [6.45, 7) is 0. The van der Waals surface area contributed by atoms with Gasteiger partial charge in [0, 0.05) is 10.4 Å². The number of hydrogen-bond acceptors (Lipinski definition) is 6. The summed E-state index contributed by atoms with van der Waals surface area (Å²) in [5, 5.41) is 10.2. The van der Waals surface area contributed by atoms with Crippen LogP contribution >= 0.6 is 22.9 Å². The number of rotatable bonds is 5. The number of hydrogen-bond donors (Lipinski definition) is 4. The van der Waals surface area contributed by atoms with Crippen molar-refractivity contribution < 1.29 is 18.4 Å². The second-order valence-electron chi connectivity index (χ2n) is 3.69.